The third kappa shape index (κ3) is 3.76. The van der Waals surface area contributed by atoms with Gasteiger partial charge in [-0.05, 0) is 0 Å². The number of nitrogens with zero attached hydrogens (tertiary/aromatic N) is 2. The number of carbonyl (C=O) groups excluding carboxylic acids is 1. The van der Waals surface area contributed by atoms with Gasteiger partial charge in [-0.25, -0.2) is 0 Å². The standard InChI is InChI=1S/C32H27NO3SSi.C2H3N/c1-24-22-25(2)34-38(28-18-10-5-11-19-28,33(24)29-20-12-13-21-32(29)37-38)35-30(26-14-6-3-7-15-26)23-31(36-38)27-16-8-4-9-17-27;1-2-3/h3-23H,1-2H3;1H3. The summed E-state index contributed by atoms with van der Waals surface area (Å²) < 4.78 is 24.6. The summed E-state index contributed by atoms with van der Waals surface area (Å²) in [6.45, 7) is -0.0482. The van der Waals surface area contributed by atoms with E-state index < -0.39 is 6.67 Å². The van der Waals surface area contributed by atoms with E-state index in [1.807, 2.05) is 67.6 Å². The summed E-state index contributed by atoms with van der Waals surface area (Å²) in [5.74, 6) is 2.16. The predicted octanol–water partition coefficient (Wildman–Crippen LogP) is 7.60. The van der Waals surface area contributed by atoms with Gasteiger partial charge in [0.1, 0.15) is 0 Å². The zero-order valence-corrected chi connectivity index (χ0v) is 25.0. The molecule has 1 spiro atoms. The molecular weight excluding hydrogens is 545 g/mol. The fourth-order valence-electron chi connectivity index (χ4n) is 6.13. The van der Waals surface area contributed by atoms with Gasteiger partial charge in [-0.3, -0.25) is 0 Å². The van der Waals surface area contributed by atoms with Crippen molar-refractivity contribution in [3.8, 4) is 6.07 Å². The van der Waals surface area contributed by atoms with Crippen LogP contribution in [0.15, 0.2) is 138 Å². The van der Waals surface area contributed by atoms with E-state index in [4.69, 9.17) is 18.2 Å². The Balaban J connectivity index is 0.000000967. The number of benzene rings is 4. The van der Waals surface area contributed by atoms with Crippen molar-refractivity contribution in [2.24, 2.45) is 0 Å². The molecule has 0 saturated carbocycles. The maximum absolute atomic E-state index is 7.54. The van der Waals surface area contributed by atoms with Gasteiger partial charge in [-0.15, -0.1) is 0 Å². The molecule has 0 atom stereocenters. The van der Waals surface area contributed by atoms with Crippen LogP contribution in [0.2, 0.25) is 0 Å². The van der Waals surface area contributed by atoms with Crippen LogP contribution in [-0.4, -0.2) is 22.4 Å². The molecule has 7 rings (SSSR count). The third-order valence-corrected chi connectivity index (χ3v) is 17.7. The van der Waals surface area contributed by atoms with Crippen LogP contribution in [0.25, 0.3) is 5.76 Å². The molecule has 3 heterocycles. The molecule has 0 saturated heterocycles. The molecule has 0 unspecified atom stereocenters. The molecule has 4 aromatic carbocycles. The fourth-order valence-corrected chi connectivity index (χ4v) is 17.9. The molecule has 4 aromatic rings. The molecule has 0 amide bonds. The van der Waals surface area contributed by atoms with Gasteiger partial charge >= 0.3 is 226 Å². The van der Waals surface area contributed by atoms with Gasteiger partial charge in [0.2, 0.25) is 0 Å². The number of rotatable bonds is 3. The van der Waals surface area contributed by atoms with Crippen LogP contribution in [0.5, 0.6) is 0 Å². The monoisotopic (exact) mass is 574 g/mol. The Morgan fingerprint density at radius 3 is 1.95 bits per heavy atom. The molecule has 0 fully saturated rings. The van der Waals surface area contributed by atoms with E-state index in [1.54, 1.807) is 17.3 Å². The second kappa shape index (κ2) is 9.48. The average molecular weight is 575 g/mol. The summed E-state index contributed by atoms with van der Waals surface area (Å²) in [5, 5.41) is 8.19. The molecule has 0 bridgehead atoms. The number of hydrogen-bond acceptors (Lipinski definition) is 4. The van der Waals surface area contributed by atoms with Gasteiger partial charge in [-0.2, -0.15) is 5.26 Å². The molecular formula is C34H30N2O3SSi. The van der Waals surface area contributed by atoms with E-state index in [2.05, 4.69) is 77.9 Å². The van der Waals surface area contributed by atoms with Gasteiger partial charge in [0, 0.05) is 6.92 Å². The molecule has 5 nitrogen and oxygen atoms in total. The first kappa shape index (κ1) is 26.6. The summed E-state index contributed by atoms with van der Waals surface area (Å²) in [4.78, 5) is 1.05. The molecule has 0 aromatic heterocycles. The summed E-state index contributed by atoms with van der Waals surface area (Å²) in [6.07, 6.45) is 4.06. The Morgan fingerprint density at radius 2 is 1.29 bits per heavy atom. The number of nitriles is 1. The summed E-state index contributed by atoms with van der Waals surface area (Å²) in [6, 6.07) is 40.7. The van der Waals surface area contributed by atoms with Gasteiger partial charge in [0.25, 0.3) is 0 Å². The van der Waals surface area contributed by atoms with Crippen molar-refractivity contribution < 1.29 is 17.2 Å². The Labute approximate surface area is 243 Å². The van der Waals surface area contributed by atoms with E-state index in [9.17, 15) is 0 Å². The van der Waals surface area contributed by atoms with Crippen LogP contribution in [0, 0.1) is 11.3 Å². The molecule has 3 aliphatic heterocycles. The van der Waals surface area contributed by atoms with Crippen molar-refractivity contribution in [2.75, 3.05) is 0 Å². The van der Waals surface area contributed by atoms with Crippen molar-refractivity contribution in [1.29, 1.82) is 5.26 Å². The van der Waals surface area contributed by atoms with Gasteiger partial charge in [-0.1, -0.05) is 0 Å². The average Bonchev–Trinajstić information content (AvgIpc) is 3.27. The first-order valence-electron chi connectivity index (χ1n) is 13.5. The third-order valence-electron chi connectivity index (χ3n) is 7.48. The van der Waals surface area contributed by atoms with E-state index >= 15 is 0 Å². The van der Waals surface area contributed by atoms with Gasteiger partial charge < -0.3 is 0 Å². The van der Waals surface area contributed by atoms with Crippen molar-refractivity contribution in [2.45, 2.75) is 25.7 Å². The van der Waals surface area contributed by atoms with Crippen molar-refractivity contribution in [3.63, 3.8) is 0 Å². The molecule has 204 valence electrons. The Hall–Kier alpha value is -4.64. The number of fused-ring (bicyclic) bond motifs is 2. The van der Waals surface area contributed by atoms with Crippen molar-refractivity contribution in [1.82, 2.24) is 0 Å². The number of para-hydroxylation sites is 1. The van der Waals surface area contributed by atoms with E-state index in [-0.39, 0.29) is 0 Å². The van der Waals surface area contributed by atoms with Crippen LogP contribution >= 0.6 is 11.2 Å². The number of ketones is 1. The first-order valence-corrected chi connectivity index (χ1v) is 17.7. The number of hydrogen-bond donors (Lipinski definition) is 0. The molecule has 41 heavy (non-hydrogen) atoms. The first-order chi connectivity index (χ1) is 19.9. The Kier molecular flexibility index (Phi) is 6.14. The van der Waals surface area contributed by atoms with Crippen molar-refractivity contribution >= 4 is 46.0 Å². The van der Waals surface area contributed by atoms with Crippen LogP contribution < -0.4 is 5.19 Å². The SMILES string of the molecule is CC#N.CC1=CC(C)=[N+]2c3ccccc3S[Si-2]23(c2ccccc2)(O1)OC(c1ccccc1)=CC(c1ccccc1)=[O+]3. The fraction of sp³-hybridized carbons (Fsp3) is 0.0882. The van der Waals surface area contributed by atoms with Crippen molar-refractivity contribution in [3.05, 3.63) is 144 Å². The maximum atomic E-state index is 7.54. The normalized spacial score (nSPS) is 20.2. The van der Waals surface area contributed by atoms with Crippen LogP contribution in [0.4, 0.5) is 5.69 Å². The summed E-state index contributed by atoms with van der Waals surface area (Å²) in [7, 11) is 0. The topological polar surface area (TPSA) is 56.6 Å². The Bertz CT molecular complexity index is 1850. The van der Waals surface area contributed by atoms with Gasteiger partial charge in [0.05, 0.1) is 6.07 Å². The minimum absolute atomic E-state index is 0.705. The predicted molar refractivity (Wildman–Crippen MR) is 167 cm³/mol. The molecule has 0 aliphatic carbocycles. The molecule has 7 heteroatoms. The molecule has 0 N–H and O–H groups in total. The van der Waals surface area contributed by atoms with Crippen LogP contribution in [0.1, 0.15) is 36.0 Å². The zero-order valence-electron chi connectivity index (χ0n) is 23.2. The molecule has 3 aliphatic rings. The Morgan fingerprint density at radius 1 is 0.732 bits per heavy atom. The second-order valence-electron chi connectivity index (χ2n) is 10.2. The number of allylic oxidation sites excluding steroid dienone is 3. The quantitative estimate of drug-likeness (QED) is 0.187. The molecule has 0 radical (unpaired) electrons. The minimum atomic E-state index is -5.57. The zero-order chi connectivity index (χ0) is 28.6. The summed E-state index contributed by atoms with van der Waals surface area (Å²) >= 11 is 1.59. The second-order valence-corrected chi connectivity index (χ2v) is 18.5. The van der Waals surface area contributed by atoms with Gasteiger partial charge in [0.15, 0.2) is 0 Å². The van der Waals surface area contributed by atoms with E-state index in [1.165, 1.54) is 6.92 Å². The van der Waals surface area contributed by atoms with Crippen LogP contribution in [-0.2, 0) is 8.85 Å². The van der Waals surface area contributed by atoms with Crippen LogP contribution in [0.3, 0.4) is 0 Å². The van der Waals surface area contributed by atoms with E-state index in [0.717, 1.165) is 38.4 Å². The van der Waals surface area contributed by atoms with E-state index in [0.29, 0.717) is 11.5 Å². The summed E-state index contributed by atoms with van der Waals surface area (Å²) in [5.41, 5.74) is 3.92.